The molecule has 2 N–H and O–H groups in total. The van der Waals surface area contributed by atoms with Crippen molar-refractivity contribution in [3.63, 3.8) is 0 Å². The van der Waals surface area contributed by atoms with E-state index < -0.39 is 0 Å². The van der Waals surface area contributed by atoms with Crippen molar-refractivity contribution in [1.82, 2.24) is 10.6 Å². The summed E-state index contributed by atoms with van der Waals surface area (Å²) in [6.45, 7) is 1.24. The van der Waals surface area contributed by atoms with Gasteiger partial charge in [0.2, 0.25) is 0 Å². The number of Topliss-reactive ketones (excluding diaryl/α,β-unsaturated/α-hetero) is 1. The Bertz CT molecular complexity index is 939. The molecule has 6 heteroatoms. The topological polar surface area (TPSA) is 59.6 Å². The number of benzene rings is 2. The number of hydrogen-bond donors (Lipinski definition) is 2. The summed E-state index contributed by atoms with van der Waals surface area (Å²) in [4.78, 5) is 13.0. The lowest BCUT2D eigenvalue weighted by atomic mass is 9.94. The average Bonchev–Trinajstić information content (AvgIpc) is 2.97. The summed E-state index contributed by atoms with van der Waals surface area (Å²) in [6, 6.07) is 15.1. The fraction of sp³-hybridized carbons (Fsp3) is 0.238. The third kappa shape index (κ3) is 3.34. The molecule has 4 rings (SSSR count). The van der Waals surface area contributed by atoms with Crippen LogP contribution in [0.3, 0.4) is 0 Å². The highest BCUT2D eigenvalue weighted by molar-refractivity contribution is 7.80. The van der Waals surface area contributed by atoms with E-state index in [9.17, 15) is 4.79 Å². The van der Waals surface area contributed by atoms with Crippen LogP contribution in [0.1, 0.15) is 33.9 Å². The monoisotopic (exact) mass is 380 g/mol. The molecule has 0 bridgehead atoms. The minimum atomic E-state index is -0.309. The molecule has 2 aromatic rings. The zero-order valence-electron chi connectivity index (χ0n) is 15.0. The molecule has 0 aromatic heterocycles. The van der Waals surface area contributed by atoms with Gasteiger partial charge in [-0.05, 0) is 29.9 Å². The Morgan fingerprint density at radius 1 is 1.07 bits per heavy atom. The first-order chi connectivity index (χ1) is 13.2. The number of rotatable bonds is 6. The molecule has 2 aromatic carbocycles. The number of methoxy groups -OCH3 is 1. The second kappa shape index (κ2) is 7.50. The van der Waals surface area contributed by atoms with Crippen molar-refractivity contribution in [2.24, 2.45) is 0 Å². The minimum absolute atomic E-state index is 0.0273. The zero-order valence-corrected chi connectivity index (χ0v) is 15.8. The van der Waals surface area contributed by atoms with Crippen LogP contribution in [-0.2, 0) is 4.74 Å². The number of hydrogen-bond acceptors (Lipinski definition) is 4. The lowest BCUT2D eigenvalue weighted by molar-refractivity contribution is 0.103. The van der Waals surface area contributed by atoms with Crippen LogP contribution in [0.15, 0.2) is 54.1 Å². The second-order valence-corrected chi connectivity index (χ2v) is 6.87. The van der Waals surface area contributed by atoms with Gasteiger partial charge in [0.25, 0.3) is 0 Å². The Morgan fingerprint density at radius 3 is 2.70 bits per heavy atom. The van der Waals surface area contributed by atoms with Crippen LogP contribution in [0.4, 0.5) is 0 Å². The van der Waals surface area contributed by atoms with E-state index >= 15 is 0 Å². The van der Waals surface area contributed by atoms with Gasteiger partial charge in [0.15, 0.2) is 10.9 Å². The molecular formula is C21H20N2O3S. The number of fused-ring (bicyclic) bond motifs is 2. The smallest absolute Gasteiger partial charge is 0.194 e. The zero-order chi connectivity index (χ0) is 18.8. The van der Waals surface area contributed by atoms with Crippen LogP contribution in [0.2, 0.25) is 0 Å². The molecule has 138 valence electrons. The summed E-state index contributed by atoms with van der Waals surface area (Å²) in [6.07, 6.45) is 0.819. The van der Waals surface area contributed by atoms with Gasteiger partial charge in [-0.15, -0.1) is 0 Å². The van der Waals surface area contributed by atoms with Gasteiger partial charge in [-0.2, -0.15) is 0 Å². The van der Waals surface area contributed by atoms with E-state index in [2.05, 4.69) is 10.6 Å². The van der Waals surface area contributed by atoms with Crippen LogP contribution >= 0.6 is 12.2 Å². The van der Waals surface area contributed by atoms with Gasteiger partial charge in [0.1, 0.15) is 5.75 Å². The second-order valence-electron chi connectivity index (χ2n) is 6.46. The van der Waals surface area contributed by atoms with Crippen molar-refractivity contribution in [3.8, 4) is 5.75 Å². The maximum absolute atomic E-state index is 13.0. The molecule has 0 saturated heterocycles. The maximum Gasteiger partial charge on any atom is 0.194 e. The van der Waals surface area contributed by atoms with Crippen molar-refractivity contribution in [1.29, 1.82) is 0 Å². The van der Waals surface area contributed by atoms with Crippen LogP contribution in [0.25, 0.3) is 5.70 Å². The molecule has 0 radical (unpaired) electrons. The third-order valence-electron chi connectivity index (χ3n) is 4.71. The Morgan fingerprint density at radius 2 is 1.89 bits per heavy atom. The first-order valence-electron chi connectivity index (χ1n) is 8.86. The summed E-state index contributed by atoms with van der Waals surface area (Å²) in [5.74, 6) is 0.791. The van der Waals surface area contributed by atoms with Crippen LogP contribution < -0.4 is 15.4 Å². The molecule has 0 fully saturated rings. The van der Waals surface area contributed by atoms with Gasteiger partial charge < -0.3 is 20.1 Å². The highest BCUT2D eigenvalue weighted by Gasteiger charge is 2.38. The fourth-order valence-corrected chi connectivity index (χ4v) is 3.71. The fourth-order valence-electron chi connectivity index (χ4n) is 3.49. The van der Waals surface area contributed by atoms with E-state index in [-0.39, 0.29) is 11.8 Å². The molecule has 5 nitrogen and oxygen atoms in total. The SMILES string of the molecule is COCCCOc1cccc([C@H]2NC(=S)NC3=C2C(=O)c2ccccc23)c1. The molecule has 1 aliphatic heterocycles. The summed E-state index contributed by atoms with van der Waals surface area (Å²) >= 11 is 5.39. The Kier molecular flexibility index (Phi) is 4.92. The van der Waals surface area contributed by atoms with Gasteiger partial charge in [0, 0.05) is 31.3 Å². The van der Waals surface area contributed by atoms with E-state index in [1.807, 2.05) is 48.5 Å². The lowest BCUT2D eigenvalue weighted by Gasteiger charge is -2.28. The Balaban J connectivity index is 1.65. The van der Waals surface area contributed by atoms with Crippen molar-refractivity contribution in [3.05, 3.63) is 70.8 Å². The summed E-state index contributed by atoms with van der Waals surface area (Å²) in [7, 11) is 1.67. The molecule has 27 heavy (non-hydrogen) atoms. The van der Waals surface area contributed by atoms with E-state index in [1.165, 1.54) is 0 Å². The van der Waals surface area contributed by atoms with Gasteiger partial charge in [-0.25, -0.2) is 0 Å². The summed E-state index contributed by atoms with van der Waals surface area (Å²) in [5, 5.41) is 6.91. The molecule has 0 amide bonds. The molecular weight excluding hydrogens is 360 g/mol. The summed E-state index contributed by atoms with van der Waals surface area (Å²) < 4.78 is 10.9. The van der Waals surface area contributed by atoms with Crippen molar-refractivity contribution in [2.45, 2.75) is 12.5 Å². The number of nitrogens with one attached hydrogen (secondary N) is 2. The molecule has 1 aliphatic carbocycles. The van der Waals surface area contributed by atoms with Gasteiger partial charge in [0.05, 0.1) is 23.9 Å². The van der Waals surface area contributed by atoms with E-state index in [0.29, 0.717) is 29.5 Å². The lowest BCUT2D eigenvalue weighted by Crippen LogP contribution is -2.43. The summed E-state index contributed by atoms with van der Waals surface area (Å²) in [5.41, 5.74) is 4.05. The first-order valence-corrected chi connectivity index (χ1v) is 9.27. The molecule has 0 saturated carbocycles. The minimum Gasteiger partial charge on any atom is -0.493 e. The van der Waals surface area contributed by atoms with Crippen molar-refractivity contribution >= 4 is 28.8 Å². The third-order valence-corrected chi connectivity index (χ3v) is 4.93. The van der Waals surface area contributed by atoms with Crippen molar-refractivity contribution in [2.75, 3.05) is 20.3 Å². The first kappa shape index (κ1) is 17.7. The van der Waals surface area contributed by atoms with E-state index in [4.69, 9.17) is 21.7 Å². The number of carbonyl (C=O) groups excluding carboxylic acids is 1. The predicted molar refractivity (Wildman–Crippen MR) is 108 cm³/mol. The van der Waals surface area contributed by atoms with E-state index in [0.717, 1.165) is 29.0 Å². The van der Waals surface area contributed by atoms with Crippen LogP contribution in [0.5, 0.6) is 5.75 Å². The molecule has 0 spiro atoms. The Hall–Kier alpha value is -2.70. The highest BCUT2D eigenvalue weighted by Crippen LogP contribution is 2.40. The van der Waals surface area contributed by atoms with E-state index in [1.54, 1.807) is 7.11 Å². The standard InChI is InChI=1S/C21H20N2O3S/c1-25-10-5-11-26-14-7-4-6-13(12-14)18-17-19(23-21(27)22-18)15-8-2-3-9-16(15)20(17)24/h2-4,6-9,12,18H,5,10-11H2,1H3,(H2,22,23,27)/t18-/m1/s1. The van der Waals surface area contributed by atoms with Gasteiger partial charge in [-0.1, -0.05) is 36.4 Å². The maximum atomic E-state index is 13.0. The highest BCUT2D eigenvalue weighted by atomic mass is 32.1. The van der Waals surface area contributed by atoms with Gasteiger partial charge >= 0.3 is 0 Å². The number of ether oxygens (including phenoxy) is 2. The van der Waals surface area contributed by atoms with Crippen LogP contribution in [0, 0.1) is 0 Å². The predicted octanol–water partition coefficient (Wildman–Crippen LogP) is 3.23. The molecule has 1 heterocycles. The molecule has 0 unspecified atom stereocenters. The Labute approximate surface area is 163 Å². The van der Waals surface area contributed by atoms with Crippen molar-refractivity contribution < 1.29 is 14.3 Å². The van der Waals surface area contributed by atoms with Gasteiger partial charge in [-0.3, -0.25) is 4.79 Å². The normalized spacial score (nSPS) is 17.9. The number of thiocarbonyl (C=S) groups is 1. The average molecular weight is 380 g/mol. The largest absolute Gasteiger partial charge is 0.493 e. The molecule has 2 aliphatic rings. The molecule has 1 atom stereocenters. The quantitative estimate of drug-likeness (QED) is 0.593. The number of ketones is 1. The van der Waals surface area contributed by atoms with Crippen LogP contribution in [-0.4, -0.2) is 31.2 Å². The number of carbonyl (C=O) groups is 1.